The molecule has 38 heavy (non-hydrogen) atoms. The molecule has 4 aromatic rings. The topological polar surface area (TPSA) is 88.4 Å². The van der Waals surface area contributed by atoms with Gasteiger partial charge in [-0.1, -0.05) is 61.7 Å². The summed E-state index contributed by atoms with van der Waals surface area (Å²) in [5.41, 5.74) is 7.57. The van der Waals surface area contributed by atoms with Crippen LogP contribution in [0.3, 0.4) is 0 Å². The number of nitrogens with one attached hydrogen (secondary N) is 2. The fraction of sp³-hybridized carbons (Fsp3) is 0.290. The molecule has 2 heterocycles. The van der Waals surface area contributed by atoms with E-state index in [0.29, 0.717) is 17.1 Å². The predicted molar refractivity (Wildman–Crippen MR) is 150 cm³/mol. The van der Waals surface area contributed by atoms with Gasteiger partial charge < -0.3 is 5.32 Å². The summed E-state index contributed by atoms with van der Waals surface area (Å²) in [6, 6.07) is 18.9. The third kappa shape index (κ3) is 5.67. The number of carbonyl (C=O) groups is 2. The summed E-state index contributed by atoms with van der Waals surface area (Å²) in [7, 11) is 0. The molecule has 5 rings (SSSR count). The highest BCUT2D eigenvalue weighted by atomic mass is 16.2. The number of amides is 2. The first-order chi connectivity index (χ1) is 18.5. The number of imide groups is 1. The van der Waals surface area contributed by atoms with E-state index in [1.165, 1.54) is 37.4 Å². The van der Waals surface area contributed by atoms with Gasteiger partial charge in [-0.25, -0.2) is 9.50 Å². The molecule has 2 aromatic carbocycles. The average molecular weight is 508 g/mol. The van der Waals surface area contributed by atoms with Crippen molar-refractivity contribution in [1.82, 2.24) is 19.9 Å². The fourth-order valence-corrected chi connectivity index (χ4v) is 5.18. The Morgan fingerprint density at radius 1 is 0.974 bits per heavy atom. The van der Waals surface area contributed by atoms with Gasteiger partial charge in [0.2, 0.25) is 5.91 Å². The second-order valence-corrected chi connectivity index (χ2v) is 9.98. The van der Waals surface area contributed by atoms with E-state index in [0.717, 1.165) is 41.8 Å². The van der Waals surface area contributed by atoms with E-state index in [2.05, 4.69) is 59.2 Å². The summed E-state index contributed by atoms with van der Waals surface area (Å²) in [5.74, 6) is -0.410. The maximum atomic E-state index is 12.3. The van der Waals surface area contributed by atoms with Crippen molar-refractivity contribution in [3.05, 3.63) is 89.4 Å². The molecular formula is C31H33N5O2. The van der Waals surface area contributed by atoms with Crippen LogP contribution in [0.15, 0.2) is 72.6 Å². The van der Waals surface area contributed by atoms with Gasteiger partial charge in [-0.2, -0.15) is 5.10 Å². The lowest BCUT2D eigenvalue weighted by atomic mass is 9.84. The Balaban J connectivity index is 1.48. The Kier molecular flexibility index (Phi) is 7.63. The zero-order valence-corrected chi connectivity index (χ0v) is 21.9. The van der Waals surface area contributed by atoms with E-state index >= 15 is 0 Å². The van der Waals surface area contributed by atoms with Crippen molar-refractivity contribution in [3.8, 4) is 11.1 Å². The molecule has 2 aromatic heterocycles. The monoisotopic (exact) mass is 507 g/mol. The molecule has 1 saturated carbocycles. The zero-order valence-electron chi connectivity index (χ0n) is 21.9. The molecule has 0 spiro atoms. The largest absolute Gasteiger partial charge is 0.381 e. The molecule has 7 nitrogen and oxygen atoms in total. The number of hydrogen-bond donors (Lipinski definition) is 2. The molecule has 0 radical (unpaired) electrons. The molecule has 1 aliphatic carbocycles. The number of carbonyl (C=O) groups excluding carboxylic acids is 2. The molecule has 7 heteroatoms. The summed E-state index contributed by atoms with van der Waals surface area (Å²) in [5, 5.41) is 10.5. The first-order valence-corrected chi connectivity index (χ1v) is 13.2. The van der Waals surface area contributed by atoms with Crippen LogP contribution in [0.2, 0.25) is 0 Å². The average Bonchev–Trinajstić information content (AvgIpc) is 3.35. The van der Waals surface area contributed by atoms with E-state index in [1.54, 1.807) is 19.2 Å². The smallest absolute Gasteiger partial charge is 0.253 e. The van der Waals surface area contributed by atoms with Crippen molar-refractivity contribution in [2.24, 2.45) is 0 Å². The van der Waals surface area contributed by atoms with Gasteiger partial charge in [-0.3, -0.25) is 14.9 Å². The second-order valence-electron chi connectivity index (χ2n) is 9.98. The summed E-state index contributed by atoms with van der Waals surface area (Å²) in [6.45, 7) is 3.78. The van der Waals surface area contributed by atoms with Crippen LogP contribution >= 0.6 is 0 Å². The van der Waals surface area contributed by atoms with E-state index in [4.69, 9.17) is 10.1 Å². The van der Waals surface area contributed by atoms with Gasteiger partial charge >= 0.3 is 0 Å². The van der Waals surface area contributed by atoms with Crippen LogP contribution in [0.25, 0.3) is 22.9 Å². The van der Waals surface area contributed by atoms with Gasteiger partial charge in [-0.05, 0) is 49.1 Å². The van der Waals surface area contributed by atoms with Crippen LogP contribution in [0.4, 0.5) is 5.69 Å². The third-order valence-corrected chi connectivity index (χ3v) is 7.14. The summed E-state index contributed by atoms with van der Waals surface area (Å²) in [4.78, 5) is 28.4. The van der Waals surface area contributed by atoms with Crippen molar-refractivity contribution >= 4 is 29.2 Å². The number of aromatic nitrogens is 3. The number of nitrogens with zero attached hydrogens (tertiary/aromatic N) is 3. The molecular weight excluding hydrogens is 474 g/mol. The van der Waals surface area contributed by atoms with Gasteiger partial charge in [0.15, 0.2) is 5.65 Å². The Bertz CT molecular complexity index is 1470. The van der Waals surface area contributed by atoms with E-state index in [-0.39, 0.29) is 5.91 Å². The Morgan fingerprint density at radius 2 is 1.71 bits per heavy atom. The Morgan fingerprint density at radius 3 is 2.42 bits per heavy atom. The molecule has 0 unspecified atom stereocenters. The number of benzene rings is 2. The lowest BCUT2D eigenvalue weighted by Gasteiger charge is -2.25. The van der Waals surface area contributed by atoms with Gasteiger partial charge in [-0.15, -0.1) is 0 Å². The maximum absolute atomic E-state index is 12.3. The number of fused-ring (bicyclic) bond motifs is 1. The van der Waals surface area contributed by atoms with E-state index in [9.17, 15) is 9.59 Å². The first kappa shape index (κ1) is 25.4. The first-order valence-electron chi connectivity index (χ1n) is 13.2. The summed E-state index contributed by atoms with van der Waals surface area (Å²) < 4.78 is 1.95. The van der Waals surface area contributed by atoms with Crippen molar-refractivity contribution in [3.63, 3.8) is 0 Å². The van der Waals surface area contributed by atoms with Crippen LogP contribution in [-0.4, -0.2) is 26.4 Å². The Labute approximate surface area is 223 Å². The fourth-order valence-electron chi connectivity index (χ4n) is 5.18. The highest BCUT2D eigenvalue weighted by molar-refractivity contribution is 6.06. The molecule has 0 aliphatic heterocycles. The summed E-state index contributed by atoms with van der Waals surface area (Å²) >= 11 is 0. The van der Waals surface area contributed by atoms with Crippen LogP contribution in [-0.2, 0) is 16.1 Å². The quantitative estimate of drug-likeness (QED) is 0.294. The second kappa shape index (κ2) is 11.4. The number of anilines is 1. The minimum atomic E-state index is -0.415. The van der Waals surface area contributed by atoms with Crippen molar-refractivity contribution < 1.29 is 9.59 Å². The van der Waals surface area contributed by atoms with E-state index in [1.807, 2.05) is 16.8 Å². The van der Waals surface area contributed by atoms with Crippen LogP contribution in [0.5, 0.6) is 0 Å². The normalized spacial score (nSPS) is 14.4. The van der Waals surface area contributed by atoms with Crippen molar-refractivity contribution in [2.45, 2.75) is 58.4 Å². The van der Waals surface area contributed by atoms with Crippen LogP contribution in [0, 0.1) is 0 Å². The molecule has 194 valence electrons. The van der Waals surface area contributed by atoms with Crippen LogP contribution < -0.4 is 10.6 Å². The SMILES string of the molecule is CC(=O)NC(=O)/C(C)=C/c1cnn2c(C3CCCCC3)c(-c3ccc(NCc4ccccc4)cc3)cnc12. The minimum absolute atomic E-state index is 0.383. The highest BCUT2D eigenvalue weighted by Gasteiger charge is 2.24. The van der Waals surface area contributed by atoms with Crippen molar-refractivity contribution in [2.75, 3.05) is 5.32 Å². The number of rotatable bonds is 7. The minimum Gasteiger partial charge on any atom is -0.381 e. The van der Waals surface area contributed by atoms with E-state index < -0.39 is 5.91 Å². The molecule has 1 fully saturated rings. The van der Waals surface area contributed by atoms with Gasteiger partial charge in [0, 0.05) is 48.0 Å². The maximum Gasteiger partial charge on any atom is 0.253 e. The Hall–Kier alpha value is -4.26. The third-order valence-electron chi connectivity index (χ3n) is 7.14. The number of hydrogen-bond acceptors (Lipinski definition) is 5. The van der Waals surface area contributed by atoms with Gasteiger partial charge in [0.25, 0.3) is 5.91 Å². The lowest BCUT2D eigenvalue weighted by molar-refractivity contribution is -0.127. The highest BCUT2D eigenvalue weighted by Crippen LogP contribution is 2.38. The van der Waals surface area contributed by atoms with Gasteiger partial charge in [0.1, 0.15) is 0 Å². The lowest BCUT2D eigenvalue weighted by Crippen LogP contribution is -2.28. The molecule has 2 amide bonds. The van der Waals surface area contributed by atoms with Crippen LogP contribution in [0.1, 0.15) is 68.7 Å². The molecule has 0 saturated heterocycles. The molecule has 2 N–H and O–H groups in total. The molecule has 1 aliphatic rings. The standard InChI is InChI=1S/C31H33N5O2/c1-21(31(38)35-22(2)37)17-26-19-34-36-29(25-11-7-4-8-12-25)28(20-33-30(26)36)24-13-15-27(16-14-24)32-18-23-9-5-3-6-10-23/h3,5-6,9-10,13-17,19-20,25,32H,4,7-8,11-12,18H2,1-2H3,(H,35,37,38)/b21-17+. The predicted octanol–water partition coefficient (Wildman–Crippen LogP) is 6.12. The zero-order chi connectivity index (χ0) is 26.5. The summed E-state index contributed by atoms with van der Waals surface area (Å²) in [6.07, 6.45) is 11.3. The van der Waals surface area contributed by atoms with Gasteiger partial charge in [0.05, 0.1) is 11.9 Å². The molecule has 0 bridgehead atoms. The van der Waals surface area contributed by atoms with Crippen molar-refractivity contribution in [1.29, 1.82) is 0 Å². The molecule has 0 atom stereocenters.